The van der Waals surface area contributed by atoms with Gasteiger partial charge in [0.15, 0.2) is 0 Å². The molecule has 0 amide bonds. The maximum atomic E-state index is 3.51. The molecule has 2 heterocycles. The molecule has 0 bridgehead atoms. The molecule has 1 aliphatic rings. The number of rotatable bonds is 0. The van der Waals surface area contributed by atoms with Gasteiger partial charge < -0.3 is 4.57 Å². The van der Waals surface area contributed by atoms with E-state index in [2.05, 4.69) is 44.8 Å². The molecule has 1 aromatic heterocycles. The van der Waals surface area contributed by atoms with Crippen molar-refractivity contribution in [3.05, 3.63) is 34.4 Å². The summed E-state index contributed by atoms with van der Waals surface area (Å²) in [6.45, 7) is 1.19. The van der Waals surface area contributed by atoms with Crippen molar-refractivity contribution in [2.45, 2.75) is 19.4 Å². The van der Waals surface area contributed by atoms with Gasteiger partial charge in [-0.2, -0.15) is 0 Å². The summed E-state index contributed by atoms with van der Waals surface area (Å²) in [5.41, 5.74) is 2.87. The minimum absolute atomic E-state index is 1.17. The van der Waals surface area contributed by atoms with Crippen LogP contribution in [0.1, 0.15) is 12.1 Å². The molecule has 2 aromatic rings. The Kier molecular flexibility index (Phi) is 1.53. The van der Waals surface area contributed by atoms with Gasteiger partial charge in [0.2, 0.25) is 0 Å². The van der Waals surface area contributed by atoms with Crippen LogP contribution in [0.25, 0.3) is 10.9 Å². The molecular weight excluding hydrogens is 226 g/mol. The quantitative estimate of drug-likeness (QED) is 0.661. The van der Waals surface area contributed by atoms with Gasteiger partial charge in [-0.3, -0.25) is 0 Å². The van der Waals surface area contributed by atoms with E-state index in [9.17, 15) is 0 Å². The van der Waals surface area contributed by atoms with Gasteiger partial charge in [0.25, 0.3) is 0 Å². The Morgan fingerprint density at radius 1 is 1.23 bits per heavy atom. The highest BCUT2D eigenvalue weighted by atomic mass is 79.9. The maximum absolute atomic E-state index is 3.51. The van der Waals surface area contributed by atoms with E-state index in [0.29, 0.717) is 0 Å². The highest BCUT2D eigenvalue weighted by Gasteiger charge is 2.13. The van der Waals surface area contributed by atoms with Gasteiger partial charge in [-0.15, -0.1) is 0 Å². The summed E-state index contributed by atoms with van der Waals surface area (Å²) < 4.78 is 3.60. The lowest BCUT2D eigenvalue weighted by Gasteiger charge is -1.99. The number of nitrogens with zero attached hydrogens (tertiary/aromatic N) is 1. The van der Waals surface area contributed by atoms with Gasteiger partial charge in [-0.25, -0.2) is 0 Å². The van der Waals surface area contributed by atoms with Crippen LogP contribution in [0, 0.1) is 0 Å². The van der Waals surface area contributed by atoms with Crippen LogP contribution in [0.3, 0.4) is 0 Å². The van der Waals surface area contributed by atoms with E-state index in [-0.39, 0.29) is 0 Å². The molecule has 0 radical (unpaired) electrons. The Morgan fingerprint density at radius 2 is 2.15 bits per heavy atom. The molecule has 1 aromatic carbocycles. The third-order valence-corrected chi connectivity index (χ3v) is 3.26. The Bertz CT molecular complexity index is 470. The van der Waals surface area contributed by atoms with Crippen molar-refractivity contribution in [2.75, 3.05) is 0 Å². The number of aromatic nitrogens is 1. The number of fused-ring (bicyclic) bond motifs is 3. The van der Waals surface area contributed by atoms with Gasteiger partial charge in [0, 0.05) is 22.2 Å². The average Bonchev–Trinajstić information content (AvgIpc) is 2.64. The van der Waals surface area contributed by atoms with Crippen LogP contribution in [-0.4, -0.2) is 4.57 Å². The summed E-state index contributed by atoms with van der Waals surface area (Å²) in [6.07, 6.45) is 2.55. The number of hydrogen-bond donors (Lipinski definition) is 0. The largest absolute Gasteiger partial charge is 0.345 e. The molecule has 0 atom stereocenters. The molecule has 13 heavy (non-hydrogen) atoms. The van der Waals surface area contributed by atoms with Crippen LogP contribution in [0.5, 0.6) is 0 Å². The average molecular weight is 236 g/mol. The molecule has 0 unspecified atom stereocenters. The predicted molar refractivity (Wildman–Crippen MR) is 58.0 cm³/mol. The van der Waals surface area contributed by atoms with Gasteiger partial charge in [0.05, 0.1) is 0 Å². The number of aryl methyl sites for hydroxylation is 2. The van der Waals surface area contributed by atoms with Crippen molar-refractivity contribution < 1.29 is 0 Å². The minimum atomic E-state index is 1.17. The fourth-order valence-electron chi connectivity index (χ4n) is 2.17. The second kappa shape index (κ2) is 2.61. The van der Waals surface area contributed by atoms with Crippen molar-refractivity contribution in [1.29, 1.82) is 0 Å². The van der Waals surface area contributed by atoms with E-state index >= 15 is 0 Å². The molecule has 0 N–H and O–H groups in total. The Morgan fingerprint density at radius 3 is 3.08 bits per heavy atom. The molecule has 66 valence electrons. The van der Waals surface area contributed by atoms with E-state index in [4.69, 9.17) is 0 Å². The van der Waals surface area contributed by atoms with Crippen molar-refractivity contribution in [1.82, 2.24) is 4.57 Å². The lowest BCUT2D eigenvalue weighted by molar-refractivity contribution is 0.772. The summed E-state index contributed by atoms with van der Waals surface area (Å²) in [4.78, 5) is 0. The highest BCUT2D eigenvalue weighted by Crippen LogP contribution is 2.27. The van der Waals surface area contributed by atoms with Gasteiger partial charge in [-0.05, 0) is 36.4 Å². The van der Waals surface area contributed by atoms with Crippen LogP contribution in [0.4, 0.5) is 0 Å². The van der Waals surface area contributed by atoms with Gasteiger partial charge in [-0.1, -0.05) is 22.0 Å². The van der Waals surface area contributed by atoms with Crippen LogP contribution >= 0.6 is 15.9 Å². The molecular formula is C11H10BrN. The number of halogens is 1. The van der Waals surface area contributed by atoms with Crippen molar-refractivity contribution >= 4 is 26.8 Å². The molecule has 0 aliphatic carbocycles. The third-order valence-electron chi connectivity index (χ3n) is 2.77. The second-order valence-corrected chi connectivity index (χ2v) is 4.51. The first-order valence-electron chi connectivity index (χ1n) is 4.62. The van der Waals surface area contributed by atoms with Gasteiger partial charge in [0.1, 0.15) is 0 Å². The second-order valence-electron chi connectivity index (χ2n) is 3.59. The highest BCUT2D eigenvalue weighted by molar-refractivity contribution is 9.10. The molecule has 1 nitrogen and oxygen atoms in total. The van der Waals surface area contributed by atoms with Crippen molar-refractivity contribution in [2.24, 2.45) is 0 Å². The molecule has 0 saturated carbocycles. The molecule has 2 heteroatoms. The summed E-state index contributed by atoms with van der Waals surface area (Å²) in [7, 11) is 0. The van der Waals surface area contributed by atoms with Crippen molar-refractivity contribution in [3.8, 4) is 0 Å². The van der Waals surface area contributed by atoms with Crippen LogP contribution in [-0.2, 0) is 13.0 Å². The lowest BCUT2D eigenvalue weighted by Crippen LogP contribution is -1.90. The minimum Gasteiger partial charge on any atom is -0.345 e. The fraction of sp³-hybridized carbons (Fsp3) is 0.273. The van der Waals surface area contributed by atoms with Crippen LogP contribution in [0.2, 0.25) is 0 Å². The molecule has 0 spiro atoms. The zero-order valence-electron chi connectivity index (χ0n) is 7.26. The monoisotopic (exact) mass is 235 g/mol. The number of hydrogen-bond acceptors (Lipinski definition) is 0. The molecule has 3 rings (SSSR count). The summed E-state index contributed by atoms with van der Waals surface area (Å²) >= 11 is 3.51. The Labute approximate surface area is 85.5 Å². The van der Waals surface area contributed by atoms with Crippen LogP contribution < -0.4 is 0 Å². The molecule has 1 aliphatic heterocycles. The van der Waals surface area contributed by atoms with E-state index in [0.717, 1.165) is 0 Å². The SMILES string of the molecule is Brc1ccc2cc3n(c2c1)CCC3. The summed E-state index contributed by atoms with van der Waals surface area (Å²) in [5.74, 6) is 0. The zero-order valence-corrected chi connectivity index (χ0v) is 8.84. The normalized spacial score (nSPS) is 15.2. The van der Waals surface area contributed by atoms with E-state index in [1.165, 1.54) is 40.5 Å². The zero-order chi connectivity index (χ0) is 8.84. The van der Waals surface area contributed by atoms with Crippen LogP contribution in [0.15, 0.2) is 28.7 Å². The van der Waals surface area contributed by atoms with E-state index in [1.54, 1.807) is 0 Å². The smallest absolute Gasteiger partial charge is 0.0493 e. The third kappa shape index (κ3) is 1.05. The fourth-order valence-corrected chi connectivity index (χ4v) is 2.52. The lowest BCUT2D eigenvalue weighted by atomic mass is 10.2. The Balaban J connectivity index is 2.40. The number of benzene rings is 1. The van der Waals surface area contributed by atoms with E-state index in [1.807, 2.05) is 0 Å². The first kappa shape index (κ1) is 7.63. The predicted octanol–water partition coefficient (Wildman–Crippen LogP) is 3.35. The van der Waals surface area contributed by atoms with Crippen molar-refractivity contribution in [3.63, 3.8) is 0 Å². The van der Waals surface area contributed by atoms with E-state index < -0.39 is 0 Å². The topological polar surface area (TPSA) is 4.93 Å². The molecule has 0 saturated heterocycles. The summed E-state index contributed by atoms with van der Waals surface area (Å²) in [5, 5.41) is 1.37. The first-order valence-corrected chi connectivity index (χ1v) is 5.41. The molecule has 0 fully saturated rings. The maximum Gasteiger partial charge on any atom is 0.0493 e. The Hall–Kier alpha value is -0.760. The summed E-state index contributed by atoms with van der Waals surface area (Å²) in [6, 6.07) is 8.82. The van der Waals surface area contributed by atoms with Gasteiger partial charge >= 0.3 is 0 Å². The standard InChI is InChI=1S/C11H10BrN/c12-9-4-3-8-6-10-2-1-5-13(10)11(8)7-9/h3-4,6-7H,1-2,5H2. The first-order chi connectivity index (χ1) is 6.34.